The molecule has 1 heterocycles. The largest absolute Gasteiger partial charge is 0.454 e. The van der Waals surface area contributed by atoms with Crippen LogP contribution in [-0.4, -0.2) is 99.6 Å². The molecule has 81 heavy (non-hydrogen) atoms. The van der Waals surface area contributed by atoms with Gasteiger partial charge in [0.15, 0.2) is 12.4 Å². The standard InChI is InChI=1S/C70H115NO10/c1-4-7-10-13-16-19-22-24-26-28-30-31-32-34-35-37-39-42-45-48-51-54-57-63(74)69(78)71-61(62(73)56-53-50-47-44-41-21-18-15-12-9-6-3)60-79-70-68(67(77)66(76)64(59-72)80-70)81-65(75)58-55-52-49-46-43-40-38-36-33-29-27-25-23-20-17-14-11-8-5-2/h7,10,16-17,19-20,24-27,30-31,33-36,39-40,42-43,53,56,61-64,66-68,70,72-74,76-77H,4-6,8-9,11-15,18,21-23,28-29,32,37-38,41,44-52,54-55,57-60H2,1-3H3,(H,71,78)/b10-7-,19-16-,20-17-,26-24-,27-25-,31-30-,35-34-,36-33-,42-39-,43-40-,56-53+. The van der Waals surface area contributed by atoms with E-state index in [-0.39, 0.29) is 19.4 Å². The number of amides is 1. The van der Waals surface area contributed by atoms with Crippen molar-refractivity contribution < 1.29 is 49.3 Å². The van der Waals surface area contributed by atoms with Gasteiger partial charge >= 0.3 is 5.97 Å². The summed E-state index contributed by atoms with van der Waals surface area (Å²) in [5.41, 5.74) is 0. The number of esters is 1. The highest BCUT2D eigenvalue weighted by atomic mass is 16.7. The molecule has 6 N–H and O–H groups in total. The fraction of sp³-hybridized carbons (Fsp3) is 0.657. The third-order valence-corrected chi connectivity index (χ3v) is 14.0. The number of ether oxygens (including phenoxy) is 3. The second-order valence-corrected chi connectivity index (χ2v) is 21.4. The molecule has 0 spiro atoms. The topological polar surface area (TPSA) is 175 Å². The van der Waals surface area contributed by atoms with Crippen LogP contribution < -0.4 is 5.32 Å². The minimum Gasteiger partial charge on any atom is -0.454 e. The van der Waals surface area contributed by atoms with Gasteiger partial charge in [-0.05, 0) is 122 Å². The second-order valence-electron chi connectivity index (χ2n) is 21.4. The average molecular weight is 1130 g/mol. The number of carbonyl (C=O) groups is 2. The molecule has 0 radical (unpaired) electrons. The summed E-state index contributed by atoms with van der Waals surface area (Å²) in [4.78, 5) is 26.6. The maximum Gasteiger partial charge on any atom is 0.306 e. The predicted molar refractivity (Wildman–Crippen MR) is 337 cm³/mol. The molecule has 0 aliphatic carbocycles. The van der Waals surface area contributed by atoms with Gasteiger partial charge in [-0.3, -0.25) is 9.59 Å². The molecule has 0 aromatic rings. The Balaban J connectivity index is 2.70. The molecule has 1 rings (SSSR count). The lowest BCUT2D eigenvalue weighted by molar-refractivity contribution is -0.305. The molecule has 0 aromatic heterocycles. The smallest absolute Gasteiger partial charge is 0.306 e. The molecule has 1 amide bonds. The van der Waals surface area contributed by atoms with Gasteiger partial charge in [-0.2, -0.15) is 0 Å². The lowest BCUT2D eigenvalue weighted by Crippen LogP contribution is -2.61. The summed E-state index contributed by atoms with van der Waals surface area (Å²) in [5.74, 6) is -1.26. The van der Waals surface area contributed by atoms with Crippen LogP contribution in [0.3, 0.4) is 0 Å². The van der Waals surface area contributed by atoms with E-state index in [4.69, 9.17) is 14.2 Å². The van der Waals surface area contributed by atoms with Gasteiger partial charge in [0.05, 0.1) is 25.4 Å². The van der Waals surface area contributed by atoms with Crippen molar-refractivity contribution in [3.8, 4) is 0 Å². The Bertz CT molecular complexity index is 1830. The van der Waals surface area contributed by atoms with Gasteiger partial charge in [-0.25, -0.2) is 0 Å². The number of allylic oxidation sites excluding steroid dienone is 21. The maximum atomic E-state index is 13.4. The van der Waals surface area contributed by atoms with E-state index in [0.29, 0.717) is 12.8 Å². The number of unbranched alkanes of at least 4 members (excludes halogenated alkanes) is 18. The fourth-order valence-corrected chi connectivity index (χ4v) is 8.99. The van der Waals surface area contributed by atoms with Gasteiger partial charge in [0.2, 0.25) is 5.91 Å². The van der Waals surface area contributed by atoms with E-state index in [1.807, 2.05) is 6.08 Å². The Morgan fingerprint density at radius 2 is 0.889 bits per heavy atom. The van der Waals surface area contributed by atoms with Gasteiger partial charge in [0.25, 0.3) is 0 Å². The van der Waals surface area contributed by atoms with Crippen LogP contribution in [0.1, 0.15) is 233 Å². The second kappa shape index (κ2) is 56.3. The van der Waals surface area contributed by atoms with Crippen molar-refractivity contribution in [2.75, 3.05) is 13.2 Å². The van der Waals surface area contributed by atoms with Gasteiger partial charge in [0.1, 0.15) is 24.4 Å². The van der Waals surface area contributed by atoms with E-state index in [1.54, 1.807) is 6.08 Å². The van der Waals surface area contributed by atoms with Gasteiger partial charge < -0.3 is 45.1 Å². The van der Waals surface area contributed by atoms with Crippen molar-refractivity contribution in [2.45, 2.75) is 282 Å². The maximum absolute atomic E-state index is 13.4. The van der Waals surface area contributed by atoms with Crippen molar-refractivity contribution in [3.63, 3.8) is 0 Å². The van der Waals surface area contributed by atoms with E-state index >= 15 is 0 Å². The zero-order valence-corrected chi connectivity index (χ0v) is 50.8. The van der Waals surface area contributed by atoms with Crippen molar-refractivity contribution in [1.29, 1.82) is 0 Å². The summed E-state index contributed by atoms with van der Waals surface area (Å²) in [7, 11) is 0. The van der Waals surface area contributed by atoms with Gasteiger partial charge in [0, 0.05) is 6.42 Å². The summed E-state index contributed by atoms with van der Waals surface area (Å²) >= 11 is 0. The van der Waals surface area contributed by atoms with Crippen LogP contribution in [-0.2, 0) is 23.8 Å². The molecule has 0 bridgehead atoms. The number of hydrogen-bond donors (Lipinski definition) is 6. The Labute approximate surface area is 493 Å². The molecular formula is C70H115NO10. The number of aliphatic hydroxyl groups is 5. The van der Waals surface area contributed by atoms with Crippen molar-refractivity contribution in [2.24, 2.45) is 0 Å². The first-order valence-electron chi connectivity index (χ1n) is 32.0. The fourth-order valence-electron chi connectivity index (χ4n) is 8.99. The highest BCUT2D eigenvalue weighted by Gasteiger charge is 2.47. The number of rotatable bonds is 52. The summed E-state index contributed by atoms with van der Waals surface area (Å²) in [6.45, 7) is 5.59. The Morgan fingerprint density at radius 1 is 0.494 bits per heavy atom. The lowest BCUT2D eigenvalue weighted by Gasteiger charge is -2.41. The van der Waals surface area contributed by atoms with Crippen LogP contribution >= 0.6 is 0 Å². The molecular weight excluding hydrogens is 1010 g/mol. The van der Waals surface area contributed by atoms with Gasteiger partial charge in [-0.1, -0.05) is 238 Å². The molecule has 1 saturated heterocycles. The summed E-state index contributed by atoms with van der Waals surface area (Å²) in [6.07, 6.45) is 69.1. The van der Waals surface area contributed by atoms with Crippen LogP contribution in [0.4, 0.5) is 0 Å². The minimum atomic E-state index is -1.64. The highest BCUT2D eigenvalue weighted by Crippen LogP contribution is 2.26. The van der Waals surface area contributed by atoms with E-state index in [0.717, 1.165) is 128 Å². The number of carbonyl (C=O) groups excluding carboxylic acids is 2. The van der Waals surface area contributed by atoms with Crippen LogP contribution in [0.15, 0.2) is 134 Å². The first-order chi connectivity index (χ1) is 39.7. The average Bonchev–Trinajstić information content (AvgIpc) is 3.52. The third-order valence-electron chi connectivity index (χ3n) is 14.0. The zero-order valence-electron chi connectivity index (χ0n) is 50.8. The van der Waals surface area contributed by atoms with Crippen LogP contribution in [0.25, 0.3) is 0 Å². The number of nitrogens with one attached hydrogen (secondary N) is 1. The van der Waals surface area contributed by atoms with E-state index in [2.05, 4.69) is 148 Å². The van der Waals surface area contributed by atoms with Crippen LogP contribution in [0, 0.1) is 0 Å². The van der Waals surface area contributed by atoms with E-state index in [1.165, 1.54) is 57.8 Å². The normalized spacial score (nSPS) is 19.6. The molecule has 8 atom stereocenters. The first kappa shape index (κ1) is 74.8. The lowest BCUT2D eigenvalue weighted by atomic mass is 9.99. The van der Waals surface area contributed by atoms with Crippen molar-refractivity contribution >= 4 is 11.9 Å². The van der Waals surface area contributed by atoms with Crippen LogP contribution in [0.5, 0.6) is 0 Å². The van der Waals surface area contributed by atoms with E-state index < -0.39 is 67.4 Å². The van der Waals surface area contributed by atoms with Crippen LogP contribution in [0.2, 0.25) is 0 Å². The predicted octanol–water partition coefficient (Wildman–Crippen LogP) is 15.6. The highest BCUT2D eigenvalue weighted by molar-refractivity contribution is 5.80. The monoisotopic (exact) mass is 1130 g/mol. The summed E-state index contributed by atoms with van der Waals surface area (Å²) in [6, 6.07) is -1.05. The summed E-state index contributed by atoms with van der Waals surface area (Å²) < 4.78 is 17.6. The van der Waals surface area contributed by atoms with Crippen molar-refractivity contribution in [3.05, 3.63) is 134 Å². The molecule has 460 valence electrons. The van der Waals surface area contributed by atoms with Gasteiger partial charge in [-0.15, -0.1) is 0 Å². The Kier molecular flexibility index (Phi) is 52.0. The quantitative estimate of drug-likeness (QED) is 0.0195. The number of aliphatic hydroxyl groups excluding tert-OH is 5. The Hall–Kier alpha value is -4.20. The van der Waals surface area contributed by atoms with E-state index in [9.17, 15) is 35.1 Å². The van der Waals surface area contributed by atoms with Crippen molar-refractivity contribution in [1.82, 2.24) is 5.32 Å². The SMILES string of the molecule is CC/C=C\C/C=C\C/C=C\C/C=C\C/C=C\C/C=C\CCCCCC(O)C(=O)NC(COC1OC(CO)C(O)C(O)C1OC(=O)CCCCC/C=C\C/C=C\C/C=C\C/C=C\CCCCC)C(O)/C=C/CCCCCCCCCCC. The molecule has 1 fully saturated rings. The molecule has 11 heteroatoms. The third kappa shape index (κ3) is 44.1. The minimum absolute atomic E-state index is 0.0750. The summed E-state index contributed by atoms with van der Waals surface area (Å²) in [5, 5.41) is 57.0. The molecule has 8 unspecified atom stereocenters. The first-order valence-corrected chi connectivity index (χ1v) is 32.0. The molecule has 0 aromatic carbocycles. The molecule has 1 aliphatic heterocycles. The molecule has 11 nitrogen and oxygen atoms in total. The number of hydrogen-bond acceptors (Lipinski definition) is 10. The molecule has 1 aliphatic rings. The Morgan fingerprint density at radius 3 is 1.36 bits per heavy atom. The molecule has 0 saturated carbocycles. The zero-order chi connectivity index (χ0) is 58.9.